The topological polar surface area (TPSA) is 52.3 Å². The van der Waals surface area contributed by atoms with Crippen LogP contribution in [0, 0.1) is 5.92 Å². The molecule has 8 heteroatoms. The van der Waals surface area contributed by atoms with Gasteiger partial charge >= 0.3 is 0 Å². The van der Waals surface area contributed by atoms with E-state index in [-0.39, 0.29) is 6.10 Å². The lowest BCUT2D eigenvalue weighted by Gasteiger charge is -2.26. The van der Waals surface area contributed by atoms with Crippen molar-refractivity contribution < 1.29 is 4.74 Å². The molecule has 3 aromatic heterocycles. The Labute approximate surface area is 166 Å². The van der Waals surface area contributed by atoms with Crippen LogP contribution in [-0.4, -0.2) is 37.7 Å². The standard InChI is InChI=1S/C18H24N4OS3/c1-5-6-7-25-18-21-20-15-14-11-8-12(10(2)3)23-9-13(11)26-16(14)19-17(24-4)22(15)18/h10,12H,5-9H2,1-4H3/t12-/m0/s1. The quantitative estimate of drug-likeness (QED) is 0.323. The Kier molecular flexibility index (Phi) is 5.46. The Morgan fingerprint density at radius 1 is 1.31 bits per heavy atom. The summed E-state index contributed by atoms with van der Waals surface area (Å²) in [5.74, 6) is 1.57. The van der Waals surface area contributed by atoms with Gasteiger partial charge in [0.05, 0.1) is 18.1 Å². The maximum absolute atomic E-state index is 6.07. The van der Waals surface area contributed by atoms with Crippen LogP contribution in [0.25, 0.3) is 15.9 Å². The van der Waals surface area contributed by atoms with Crippen LogP contribution < -0.4 is 0 Å². The highest BCUT2D eigenvalue weighted by molar-refractivity contribution is 7.99. The second-order valence-corrected chi connectivity index (χ2v) is 9.84. The van der Waals surface area contributed by atoms with Crippen molar-refractivity contribution >= 4 is 50.7 Å². The van der Waals surface area contributed by atoms with Crippen molar-refractivity contribution in [1.82, 2.24) is 19.6 Å². The molecule has 0 fully saturated rings. The van der Waals surface area contributed by atoms with Gasteiger partial charge in [-0.05, 0) is 24.2 Å². The summed E-state index contributed by atoms with van der Waals surface area (Å²) in [5, 5.41) is 12.2. The van der Waals surface area contributed by atoms with Crippen LogP contribution in [-0.2, 0) is 17.8 Å². The fraction of sp³-hybridized carbons (Fsp3) is 0.611. The van der Waals surface area contributed by atoms with E-state index in [1.165, 1.54) is 28.7 Å². The summed E-state index contributed by atoms with van der Waals surface area (Å²) >= 11 is 5.19. The minimum Gasteiger partial charge on any atom is -0.372 e. The Hall–Kier alpha value is -0.830. The average Bonchev–Trinajstić information content (AvgIpc) is 3.21. The van der Waals surface area contributed by atoms with Gasteiger partial charge in [0.15, 0.2) is 16.0 Å². The summed E-state index contributed by atoms with van der Waals surface area (Å²) in [6, 6.07) is 0. The van der Waals surface area contributed by atoms with Crippen molar-refractivity contribution in [2.24, 2.45) is 5.92 Å². The molecule has 5 nitrogen and oxygen atoms in total. The summed E-state index contributed by atoms with van der Waals surface area (Å²) in [6.45, 7) is 7.35. The molecule has 0 radical (unpaired) electrons. The molecule has 0 aliphatic carbocycles. The lowest BCUT2D eigenvalue weighted by Crippen LogP contribution is -2.26. The van der Waals surface area contributed by atoms with Gasteiger partial charge in [0.1, 0.15) is 4.83 Å². The van der Waals surface area contributed by atoms with Crippen LogP contribution in [0.2, 0.25) is 0 Å². The van der Waals surface area contributed by atoms with Crippen molar-refractivity contribution in [1.29, 1.82) is 0 Å². The first-order valence-corrected chi connectivity index (χ1v) is 12.1. The molecule has 1 atom stereocenters. The lowest BCUT2D eigenvalue weighted by molar-refractivity contribution is 0.00203. The fourth-order valence-electron chi connectivity index (χ4n) is 3.29. The van der Waals surface area contributed by atoms with E-state index in [9.17, 15) is 0 Å². The molecule has 0 bridgehead atoms. The van der Waals surface area contributed by atoms with Gasteiger partial charge in [-0.25, -0.2) is 9.38 Å². The number of thiophene rings is 1. The molecular weight excluding hydrogens is 384 g/mol. The van der Waals surface area contributed by atoms with E-state index in [1.807, 2.05) is 0 Å². The maximum atomic E-state index is 6.07. The van der Waals surface area contributed by atoms with E-state index in [4.69, 9.17) is 9.72 Å². The van der Waals surface area contributed by atoms with Crippen LogP contribution in [0.4, 0.5) is 0 Å². The summed E-state index contributed by atoms with van der Waals surface area (Å²) in [6.07, 6.45) is 5.65. The number of thioether (sulfide) groups is 2. The molecule has 0 aromatic carbocycles. The second kappa shape index (κ2) is 7.66. The Morgan fingerprint density at radius 3 is 2.88 bits per heavy atom. The number of hydrogen-bond donors (Lipinski definition) is 0. The number of aromatic nitrogens is 4. The number of fused-ring (bicyclic) bond motifs is 5. The number of nitrogens with zero attached hydrogens (tertiary/aromatic N) is 4. The molecule has 4 rings (SSSR count). The third-order valence-electron chi connectivity index (χ3n) is 4.81. The normalized spacial score (nSPS) is 17.5. The third-order valence-corrected chi connectivity index (χ3v) is 7.56. The maximum Gasteiger partial charge on any atom is 0.197 e. The summed E-state index contributed by atoms with van der Waals surface area (Å²) in [5.41, 5.74) is 2.33. The van der Waals surface area contributed by atoms with E-state index < -0.39 is 0 Å². The molecule has 3 aromatic rings. The minimum absolute atomic E-state index is 0.266. The first-order chi connectivity index (χ1) is 12.6. The van der Waals surface area contributed by atoms with Crippen LogP contribution in [0.15, 0.2) is 10.3 Å². The number of unbranched alkanes of at least 4 members (excludes halogenated alkanes) is 1. The lowest BCUT2D eigenvalue weighted by atomic mass is 9.96. The Bertz CT molecular complexity index is 934. The highest BCUT2D eigenvalue weighted by Crippen LogP contribution is 2.40. The number of hydrogen-bond acceptors (Lipinski definition) is 7. The molecule has 0 spiro atoms. The average molecular weight is 409 g/mol. The predicted octanol–water partition coefficient (Wildman–Crippen LogP) is 5.05. The minimum atomic E-state index is 0.266. The molecule has 0 N–H and O–H groups in total. The molecule has 1 aliphatic heterocycles. The van der Waals surface area contributed by atoms with Crippen molar-refractivity contribution in [2.75, 3.05) is 12.0 Å². The number of ether oxygens (including phenoxy) is 1. The monoisotopic (exact) mass is 408 g/mol. The van der Waals surface area contributed by atoms with Gasteiger partial charge in [0.2, 0.25) is 0 Å². The SMILES string of the molecule is CCCCSc1nnc2c3c4c(sc3nc(SC)n12)CO[C@H](C(C)C)C4. The molecule has 0 saturated heterocycles. The molecule has 1 aliphatic rings. The highest BCUT2D eigenvalue weighted by Gasteiger charge is 2.28. The van der Waals surface area contributed by atoms with Gasteiger partial charge in [-0.3, -0.25) is 0 Å². The van der Waals surface area contributed by atoms with Crippen molar-refractivity contribution in [3.8, 4) is 0 Å². The van der Waals surface area contributed by atoms with E-state index in [0.717, 1.165) is 33.0 Å². The first kappa shape index (κ1) is 18.5. The second-order valence-electron chi connectivity index (χ2n) is 6.92. The summed E-state index contributed by atoms with van der Waals surface area (Å²) in [4.78, 5) is 7.32. The summed E-state index contributed by atoms with van der Waals surface area (Å²) in [7, 11) is 0. The number of rotatable bonds is 6. The smallest absolute Gasteiger partial charge is 0.197 e. The van der Waals surface area contributed by atoms with Gasteiger partial charge in [0.25, 0.3) is 0 Å². The molecular formula is C18H24N4OS3. The van der Waals surface area contributed by atoms with E-state index in [2.05, 4.69) is 41.6 Å². The molecule has 140 valence electrons. The van der Waals surface area contributed by atoms with Gasteiger partial charge < -0.3 is 4.74 Å². The summed E-state index contributed by atoms with van der Waals surface area (Å²) < 4.78 is 8.22. The van der Waals surface area contributed by atoms with Gasteiger partial charge in [-0.2, -0.15) is 0 Å². The van der Waals surface area contributed by atoms with Gasteiger partial charge in [0, 0.05) is 17.1 Å². The van der Waals surface area contributed by atoms with E-state index in [0.29, 0.717) is 12.5 Å². The molecule has 26 heavy (non-hydrogen) atoms. The Balaban J connectivity index is 1.87. The van der Waals surface area contributed by atoms with Crippen LogP contribution >= 0.6 is 34.9 Å². The van der Waals surface area contributed by atoms with Crippen molar-refractivity contribution in [2.45, 2.75) is 63.1 Å². The van der Waals surface area contributed by atoms with Crippen molar-refractivity contribution in [3.63, 3.8) is 0 Å². The molecule has 0 saturated carbocycles. The zero-order valence-electron chi connectivity index (χ0n) is 15.6. The van der Waals surface area contributed by atoms with Crippen LogP contribution in [0.1, 0.15) is 44.1 Å². The van der Waals surface area contributed by atoms with Gasteiger partial charge in [-0.1, -0.05) is 50.7 Å². The van der Waals surface area contributed by atoms with E-state index >= 15 is 0 Å². The van der Waals surface area contributed by atoms with Gasteiger partial charge in [-0.15, -0.1) is 21.5 Å². The van der Waals surface area contributed by atoms with Crippen molar-refractivity contribution in [3.05, 3.63) is 10.4 Å². The zero-order valence-corrected chi connectivity index (χ0v) is 18.1. The largest absolute Gasteiger partial charge is 0.372 e. The van der Waals surface area contributed by atoms with Crippen LogP contribution in [0.3, 0.4) is 0 Å². The fourth-order valence-corrected chi connectivity index (χ4v) is 6.08. The first-order valence-electron chi connectivity index (χ1n) is 9.11. The Morgan fingerprint density at radius 2 is 2.15 bits per heavy atom. The zero-order chi connectivity index (χ0) is 18.3. The molecule has 4 heterocycles. The highest BCUT2D eigenvalue weighted by atomic mass is 32.2. The van der Waals surface area contributed by atoms with E-state index in [1.54, 1.807) is 34.9 Å². The molecule has 0 amide bonds. The molecule has 0 unspecified atom stereocenters. The third kappa shape index (κ3) is 3.15. The predicted molar refractivity (Wildman–Crippen MR) is 111 cm³/mol. The van der Waals surface area contributed by atoms with Crippen LogP contribution in [0.5, 0.6) is 0 Å².